The number of halogens is 4. The van der Waals surface area contributed by atoms with Crippen LogP contribution in [0.3, 0.4) is 0 Å². The van der Waals surface area contributed by atoms with Gasteiger partial charge in [-0.3, -0.25) is 4.98 Å². The summed E-state index contributed by atoms with van der Waals surface area (Å²) in [5.41, 5.74) is -0.706. The molecule has 0 spiro atoms. The highest BCUT2D eigenvalue weighted by Gasteiger charge is 2.33. The van der Waals surface area contributed by atoms with Crippen LogP contribution in [0.1, 0.15) is 11.3 Å². The largest absolute Gasteiger partial charge is 0.417 e. The summed E-state index contributed by atoms with van der Waals surface area (Å²) in [5, 5.41) is 8.67. The Morgan fingerprint density at radius 3 is 2.54 bits per heavy atom. The minimum absolute atomic E-state index is 0.0462. The average Bonchev–Trinajstić information content (AvgIpc) is 2.02. The van der Waals surface area contributed by atoms with Crippen LogP contribution in [0.2, 0.25) is 0 Å². The highest BCUT2D eigenvalue weighted by Crippen LogP contribution is 2.33. The van der Waals surface area contributed by atoms with Gasteiger partial charge in [0.05, 0.1) is 17.9 Å². The zero-order chi connectivity index (χ0) is 10.1. The molecule has 0 atom stereocenters. The van der Waals surface area contributed by atoms with Crippen molar-refractivity contribution in [1.82, 2.24) is 4.98 Å². The van der Waals surface area contributed by atoms with Crippen molar-refractivity contribution in [3.8, 4) is 0 Å². The number of hydrogen-bond acceptors (Lipinski definition) is 2. The van der Waals surface area contributed by atoms with Gasteiger partial charge in [0.25, 0.3) is 0 Å². The van der Waals surface area contributed by atoms with E-state index in [1.165, 1.54) is 22.6 Å². The van der Waals surface area contributed by atoms with Crippen molar-refractivity contribution in [2.75, 3.05) is 0 Å². The zero-order valence-electron chi connectivity index (χ0n) is 6.27. The van der Waals surface area contributed by atoms with Gasteiger partial charge in [-0.05, 0) is 28.7 Å². The highest BCUT2D eigenvalue weighted by molar-refractivity contribution is 14.1. The topological polar surface area (TPSA) is 33.1 Å². The summed E-state index contributed by atoms with van der Waals surface area (Å²) in [4.78, 5) is 3.61. The molecule has 1 aromatic heterocycles. The van der Waals surface area contributed by atoms with Crippen molar-refractivity contribution >= 4 is 22.6 Å². The van der Waals surface area contributed by atoms with E-state index < -0.39 is 18.3 Å². The molecule has 13 heavy (non-hydrogen) atoms. The van der Waals surface area contributed by atoms with Crippen molar-refractivity contribution in [1.29, 1.82) is 0 Å². The molecule has 72 valence electrons. The van der Waals surface area contributed by atoms with Crippen LogP contribution in [0, 0.1) is 3.57 Å². The first-order valence-corrected chi connectivity index (χ1v) is 4.36. The van der Waals surface area contributed by atoms with E-state index in [2.05, 4.69) is 4.98 Å². The predicted octanol–water partition coefficient (Wildman–Crippen LogP) is 2.20. The van der Waals surface area contributed by atoms with E-state index >= 15 is 0 Å². The van der Waals surface area contributed by atoms with Crippen LogP contribution in [0.5, 0.6) is 0 Å². The van der Waals surface area contributed by atoms with Crippen LogP contribution in [0.4, 0.5) is 13.2 Å². The fourth-order valence-corrected chi connectivity index (χ4v) is 1.61. The third kappa shape index (κ3) is 2.31. The number of pyridine rings is 1. The molecule has 0 radical (unpaired) electrons. The molecule has 0 fully saturated rings. The van der Waals surface area contributed by atoms with Gasteiger partial charge in [-0.15, -0.1) is 0 Å². The Morgan fingerprint density at radius 1 is 1.46 bits per heavy atom. The number of hydrogen-bond donors (Lipinski definition) is 1. The third-order valence-corrected chi connectivity index (χ3v) is 2.62. The first-order chi connectivity index (χ1) is 5.96. The lowest BCUT2D eigenvalue weighted by molar-refractivity contribution is -0.138. The maximum atomic E-state index is 12.3. The number of aliphatic hydroxyl groups is 1. The van der Waals surface area contributed by atoms with Gasteiger partial charge in [-0.1, -0.05) is 0 Å². The second-order valence-corrected chi connectivity index (χ2v) is 3.35. The second kappa shape index (κ2) is 3.79. The van der Waals surface area contributed by atoms with Crippen LogP contribution in [0.25, 0.3) is 0 Å². The minimum Gasteiger partial charge on any atom is -0.390 e. The number of nitrogens with zero attached hydrogens (tertiary/aromatic N) is 1. The predicted molar refractivity (Wildman–Crippen MR) is 47.9 cm³/mol. The smallest absolute Gasteiger partial charge is 0.390 e. The van der Waals surface area contributed by atoms with Crippen LogP contribution in [0.15, 0.2) is 12.3 Å². The van der Waals surface area contributed by atoms with Crippen molar-refractivity contribution in [2.45, 2.75) is 12.8 Å². The van der Waals surface area contributed by atoms with Gasteiger partial charge < -0.3 is 5.11 Å². The Hall–Kier alpha value is -0.370. The molecule has 0 aromatic carbocycles. The number of alkyl halides is 3. The molecular formula is C7H5F3INO. The summed E-state index contributed by atoms with van der Waals surface area (Å²) in [5.74, 6) is 0. The number of rotatable bonds is 1. The number of aromatic nitrogens is 1. The van der Waals surface area contributed by atoms with Crippen molar-refractivity contribution in [2.24, 2.45) is 0 Å². The third-order valence-electron chi connectivity index (χ3n) is 1.42. The second-order valence-electron chi connectivity index (χ2n) is 2.28. The van der Waals surface area contributed by atoms with E-state index in [1.807, 2.05) is 0 Å². The Morgan fingerprint density at radius 2 is 2.08 bits per heavy atom. The van der Waals surface area contributed by atoms with Gasteiger partial charge in [-0.2, -0.15) is 13.2 Å². The molecule has 2 nitrogen and oxygen atoms in total. The molecule has 0 aliphatic carbocycles. The summed E-state index contributed by atoms with van der Waals surface area (Å²) >= 11 is 1.52. The fraction of sp³-hybridized carbons (Fsp3) is 0.286. The lowest BCUT2D eigenvalue weighted by Crippen LogP contribution is -2.10. The van der Waals surface area contributed by atoms with Crippen molar-refractivity contribution < 1.29 is 18.3 Å². The molecule has 1 N–H and O–H groups in total. The van der Waals surface area contributed by atoms with Crippen LogP contribution in [-0.2, 0) is 12.8 Å². The summed E-state index contributed by atoms with van der Waals surface area (Å²) in [6, 6.07) is 0.890. The Labute approximate surface area is 85.9 Å². The highest BCUT2D eigenvalue weighted by atomic mass is 127. The van der Waals surface area contributed by atoms with Gasteiger partial charge in [-0.25, -0.2) is 0 Å². The summed E-state index contributed by atoms with van der Waals surface area (Å²) in [7, 11) is 0. The van der Waals surface area contributed by atoms with Crippen molar-refractivity contribution in [3.63, 3.8) is 0 Å². The quantitative estimate of drug-likeness (QED) is 0.807. The van der Waals surface area contributed by atoms with E-state index in [9.17, 15) is 13.2 Å². The standard InChI is InChI=1S/C7H5F3INO/c8-7(9,10)4-1-2-12-5(3-13)6(4)11/h1-2,13H,3H2. The summed E-state index contributed by atoms with van der Waals surface area (Å²) in [6.07, 6.45) is -3.35. The molecule has 1 aromatic rings. The summed E-state index contributed by atoms with van der Waals surface area (Å²) in [6.45, 7) is -0.484. The molecule has 0 bridgehead atoms. The van der Waals surface area contributed by atoms with E-state index in [0.717, 1.165) is 12.3 Å². The van der Waals surface area contributed by atoms with E-state index in [0.29, 0.717) is 0 Å². The van der Waals surface area contributed by atoms with Gasteiger partial charge in [0.2, 0.25) is 0 Å². The molecule has 1 rings (SSSR count). The van der Waals surface area contributed by atoms with Crippen LogP contribution >= 0.6 is 22.6 Å². The normalized spacial score (nSPS) is 11.8. The maximum Gasteiger partial charge on any atom is 0.417 e. The van der Waals surface area contributed by atoms with E-state index in [1.54, 1.807) is 0 Å². The molecule has 1 heterocycles. The lowest BCUT2D eigenvalue weighted by atomic mass is 10.2. The van der Waals surface area contributed by atoms with E-state index in [4.69, 9.17) is 5.11 Å². The Balaban J connectivity index is 3.24. The van der Waals surface area contributed by atoms with Gasteiger partial charge in [0.1, 0.15) is 0 Å². The van der Waals surface area contributed by atoms with Gasteiger partial charge >= 0.3 is 6.18 Å². The molecule has 0 aliphatic heterocycles. The fourth-order valence-electron chi connectivity index (χ4n) is 0.816. The minimum atomic E-state index is -4.39. The molecule has 0 unspecified atom stereocenters. The Bertz CT molecular complexity index is 313. The first kappa shape index (κ1) is 10.7. The van der Waals surface area contributed by atoms with Gasteiger partial charge in [0, 0.05) is 9.77 Å². The van der Waals surface area contributed by atoms with Crippen molar-refractivity contribution in [3.05, 3.63) is 27.1 Å². The number of aliphatic hydroxyl groups excluding tert-OH is 1. The lowest BCUT2D eigenvalue weighted by Gasteiger charge is -2.10. The molecule has 0 saturated heterocycles. The zero-order valence-corrected chi connectivity index (χ0v) is 8.43. The molecule has 6 heteroatoms. The molecule has 0 amide bonds. The van der Waals surface area contributed by atoms with Gasteiger partial charge in [0.15, 0.2) is 0 Å². The maximum absolute atomic E-state index is 12.3. The molecule has 0 saturated carbocycles. The van der Waals surface area contributed by atoms with Crippen LogP contribution < -0.4 is 0 Å². The van der Waals surface area contributed by atoms with Crippen LogP contribution in [-0.4, -0.2) is 10.1 Å². The average molecular weight is 303 g/mol. The first-order valence-electron chi connectivity index (χ1n) is 3.28. The molecular weight excluding hydrogens is 298 g/mol. The molecule has 0 aliphatic rings. The van der Waals surface area contributed by atoms with E-state index in [-0.39, 0.29) is 9.26 Å². The monoisotopic (exact) mass is 303 g/mol. The Kier molecular flexibility index (Phi) is 3.12. The summed E-state index contributed by atoms with van der Waals surface area (Å²) < 4.78 is 36.7. The SMILES string of the molecule is OCc1nccc(C(F)(F)F)c1I.